The molecule has 0 aliphatic rings. The van der Waals surface area contributed by atoms with E-state index in [1.807, 2.05) is 42.6 Å². The summed E-state index contributed by atoms with van der Waals surface area (Å²) in [6.45, 7) is 4.93. The van der Waals surface area contributed by atoms with Gasteiger partial charge >= 0.3 is 5.97 Å². The third kappa shape index (κ3) is 4.09. The molecule has 3 nitrogen and oxygen atoms in total. The van der Waals surface area contributed by atoms with Crippen LogP contribution in [0.2, 0.25) is 0 Å². The van der Waals surface area contributed by atoms with Crippen molar-refractivity contribution in [1.82, 2.24) is 0 Å². The van der Waals surface area contributed by atoms with Crippen molar-refractivity contribution < 1.29 is 9.53 Å². The van der Waals surface area contributed by atoms with Crippen molar-refractivity contribution in [2.24, 2.45) is 0 Å². The fourth-order valence-corrected chi connectivity index (χ4v) is 3.57. The van der Waals surface area contributed by atoms with Gasteiger partial charge in [-0.05, 0) is 25.0 Å². The molecule has 0 amide bonds. The lowest BCUT2D eigenvalue weighted by Gasteiger charge is -2.10. The van der Waals surface area contributed by atoms with Crippen LogP contribution in [0.4, 0.5) is 5.00 Å². The Bertz CT molecular complexity index is 838. The number of aryl methyl sites for hydroxylation is 1. The van der Waals surface area contributed by atoms with Crippen LogP contribution in [0.15, 0.2) is 60.0 Å². The van der Waals surface area contributed by atoms with Crippen molar-refractivity contribution in [1.29, 1.82) is 0 Å². The largest absolute Gasteiger partial charge is 0.462 e. The monoisotopic (exact) mass is 351 g/mol. The molecule has 0 atom stereocenters. The molecule has 0 bridgehead atoms. The van der Waals surface area contributed by atoms with Crippen LogP contribution < -0.4 is 5.32 Å². The normalized spacial score (nSPS) is 10.5. The Balaban J connectivity index is 1.89. The van der Waals surface area contributed by atoms with E-state index in [2.05, 4.69) is 36.5 Å². The Morgan fingerprint density at radius 3 is 2.48 bits per heavy atom. The minimum Gasteiger partial charge on any atom is -0.462 e. The van der Waals surface area contributed by atoms with E-state index in [1.165, 1.54) is 22.5 Å². The number of rotatable bonds is 6. The molecule has 3 aromatic rings. The van der Waals surface area contributed by atoms with Crippen LogP contribution in [-0.4, -0.2) is 12.6 Å². The standard InChI is InChI=1S/C21H21NO2S/c1-3-24-21(23)19-18(17-7-5-4-6-8-17)14-25-20(19)22-13-16-11-9-15(2)10-12-16/h4-12,14,22H,3,13H2,1-2H3. The molecule has 0 saturated carbocycles. The summed E-state index contributed by atoms with van der Waals surface area (Å²) < 4.78 is 5.28. The zero-order valence-corrected chi connectivity index (χ0v) is 15.2. The van der Waals surface area contributed by atoms with E-state index >= 15 is 0 Å². The molecule has 25 heavy (non-hydrogen) atoms. The number of carbonyl (C=O) groups is 1. The molecule has 2 aromatic carbocycles. The molecule has 0 fully saturated rings. The molecular weight excluding hydrogens is 330 g/mol. The number of hydrogen-bond acceptors (Lipinski definition) is 4. The molecule has 1 N–H and O–H groups in total. The fraction of sp³-hybridized carbons (Fsp3) is 0.190. The SMILES string of the molecule is CCOC(=O)c1c(-c2ccccc2)csc1NCc1ccc(C)cc1. The molecule has 0 unspecified atom stereocenters. The Kier molecular flexibility index (Phi) is 5.51. The first-order chi connectivity index (χ1) is 12.2. The number of benzene rings is 2. The Hall–Kier alpha value is -2.59. The maximum Gasteiger partial charge on any atom is 0.341 e. The van der Waals surface area contributed by atoms with Gasteiger partial charge < -0.3 is 10.1 Å². The summed E-state index contributed by atoms with van der Waals surface area (Å²) in [5, 5.41) is 6.25. The average molecular weight is 351 g/mol. The third-order valence-corrected chi connectivity index (χ3v) is 4.87. The lowest BCUT2D eigenvalue weighted by molar-refractivity contribution is 0.0529. The van der Waals surface area contributed by atoms with Crippen molar-refractivity contribution in [2.45, 2.75) is 20.4 Å². The first-order valence-corrected chi connectivity index (χ1v) is 9.20. The second-order valence-electron chi connectivity index (χ2n) is 5.78. The van der Waals surface area contributed by atoms with E-state index in [4.69, 9.17) is 4.74 Å². The van der Waals surface area contributed by atoms with Crippen molar-refractivity contribution in [3.05, 3.63) is 76.7 Å². The second-order valence-corrected chi connectivity index (χ2v) is 6.66. The minimum absolute atomic E-state index is 0.283. The zero-order valence-electron chi connectivity index (χ0n) is 14.4. The average Bonchev–Trinajstić information content (AvgIpc) is 3.06. The van der Waals surface area contributed by atoms with Crippen LogP contribution in [0.5, 0.6) is 0 Å². The highest BCUT2D eigenvalue weighted by molar-refractivity contribution is 7.15. The first-order valence-electron chi connectivity index (χ1n) is 8.32. The van der Waals surface area contributed by atoms with Crippen LogP contribution >= 0.6 is 11.3 Å². The summed E-state index contributed by atoms with van der Waals surface area (Å²) >= 11 is 1.54. The maximum atomic E-state index is 12.5. The summed E-state index contributed by atoms with van der Waals surface area (Å²) in [7, 11) is 0. The van der Waals surface area contributed by atoms with Crippen molar-refractivity contribution in [3.8, 4) is 11.1 Å². The predicted molar refractivity (Wildman–Crippen MR) is 104 cm³/mol. The zero-order chi connectivity index (χ0) is 17.6. The van der Waals surface area contributed by atoms with E-state index in [0.717, 1.165) is 16.1 Å². The quantitative estimate of drug-likeness (QED) is 0.595. The molecule has 128 valence electrons. The number of thiophene rings is 1. The topological polar surface area (TPSA) is 38.3 Å². The molecule has 0 saturated heterocycles. The third-order valence-electron chi connectivity index (χ3n) is 3.93. The number of esters is 1. The van der Waals surface area contributed by atoms with E-state index in [1.54, 1.807) is 0 Å². The lowest BCUT2D eigenvalue weighted by Crippen LogP contribution is -2.09. The van der Waals surface area contributed by atoms with Crippen LogP contribution in [0, 0.1) is 6.92 Å². The Morgan fingerprint density at radius 2 is 1.80 bits per heavy atom. The van der Waals surface area contributed by atoms with Gasteiger partial charge in [0.2, 0.25) is 0 Å². The number of hydrogen-bond donors (Lipinski definition) is 1. The van der Waals surface area contributed by atoms with E-state index in [0.29, 0.717) is 18.7 Å². The number of anilines is 1. The highest BCUT2D eigenvalue weighted by Crippen LogP contribution is 2.36. The van der Waals surface area contributed by atoms with Gasteiger partial charge in [0.1, 0.15) is 10.6 Å². The molecule has 0 aliphatic heterocycles. The molecule has 0 spiro atoms. The Morgan fingerprint density at radius 1 is 1.08 bits per heavy atom. The second kappa shape index (κ2) is 7.99. The predicted octanol–water partition coefficient (Wildman–Crippen LogP) is 5.51. The molecule has 1 heterocycles. The van der Waals surface area contributed by atoms with Gasteiger partial charge in [-0.2, -0.15) is 0 Å². The molecule has 3 rings (SSSR count). The summed E-state index contributed by atoms with van der Waals surface area (Å²) in [5.41, 5.74) is 4.96. The smallest absolute Gasteiger partial charge is 0.341 e. The highest BCUT2D eigenvalue weighted by Gasteiger charge is 2.21. The molecule has 0 radical (unpaired) electrons. The first kappa shape index (κ1) is 17.2. The van der Waals surface area contributed by atoms with Crippen LogP contribution in [0.1, 0.15) is 28.4 Å². The van der Waals surface area contributed by atoms with Crippen LogP contribution in [-0.2, 0) is 11.3 Å². The van der Waals surface area contributed by atoms with Gasteiger partial charge in [0.25, 0.3) is 0 Å². The molecule has 4 heteroatoms. The molecule has 1 aromatic heterocycles. The van der Waals surface area contributed by atoms with Gasteiger partial charge in [0.05, 0.1) is 6.61 Å². The summed E-state index contributed by atoms with van der Waals surface area (Å²) in [5.74, 6) is -0.283. The van der Waals surface area contributed by atoms with Gasteiger partial charge in [-0.1, -0.05) is 60.2 Å². The summed E-state index contributed by atoms with van der Waals surface area (Å²) in [4.78, 5) is 12.5. The fourth-order valence-electron chi connectivity index (χ4n) is 2.61. The summed E-state index contributed by atoms with van der Waals surface area (Å²) in [6.07, 6.45) is 0. The highest BCUT2D eigenvalue weighted by atomic mass is 32.1. The van der Waals surface area contributed by atoms with Crippen molar-refractivity contribution in [2.75, 3.05) is 11.9 Å². The minimum atomic E-state index is -0.283. The van der Waals surface area contributed by atoms with E-state index in [-0.39, 0.29) is 5.97 Å². The van der Waals surface area contributed by atoms with Gasteiger partial charge in [0, 0.05) is 17.5 Å². The lowest BCUT2D eigenvalue weighted by atomic mass is 10.0. The number of ether oxygens (including phenoxy) is 1. The van der Waals surface area contributed by atoms with E-state index in [9.17, 15) is 4.79 Å². The van der Waals surface area contributed by atoms with Gasteiger partial charge in [-0.25, -0.2) is 4.79 Å². The molecule has 0 aliphatic carbocycles. The van der Waals surface area contributed by atoms with Gasteiger partial charge in [-0.3, -0.25) is 0 Å². The van der Waals surface area contributed by atoms with Gasteiger partial charge in [0.15, 0.2) is 0 Å². The van der Waals surface area contributed by atoms with Crippen LogP contribution in [0.3, 0.4) is 0 Å². The Labute approximate surface area is 152 Å². The van der Waals surface area contributed by atoms with Crippen molar-refractivity contribution in [3.63, 3.8) is 0 Å². The van der Waals surface area contributed by atoms with Crippen LogP contribution in [0.25, 0.3) is 11.1 Å². The summed E-state index contributed by atoms with van der Waals surface area (Å²) in [6, 6.07) is 18.3. The molecular formula is C21H21NO2S. The maximum absolute atomic E-state index is 12.5. The number of nitrogens with one attached hydrogen (secondary N) is 1. The van der Waals surface area contributed by atoms with Gasteiger partial charge in [-0.15, -0.1) is 11.3 Å². The number of carbonyl (C=O) groups excluding carboxylic acids is 1. The van der Waals surface area contributed by atoms with Crippen molar-refractivity contribution >= 4 is 22.3 Å². The van der Waals surface area contributed by atoms with E-state index < -0.39 is 0 Å².